The Morgan fingerprint density at radius 1 is 1.29 bits per heavy atom. The summed E-state index contributed by atoms with van der Waals surface area (Å²) in [5, 5.41) is 2.69. The Kier molecular flexibility index (Phi) is 5.91. The molecule has 0 spiro atoms. The quantitative estimate of drug-likeness (QED) is 0.865. The van der Waals surface area contributed by atoms with Crippen LogP contribution in [0.2, 0.25) is 5.02 Å². The van der Waals surface area contributed by atoms with Crippen molar-refractivity contribution in [2.45, 2.75) is 23.5 Å². The summed E-state index contributed by atoms with van der Waals surface area (Å²) in [5.41, 5.74) is -1.09. The van der Waals surface area contributed by atoms with Gasteiger partial charge in [0.25, 0.3) is 0 Å². The van der Waals surface area contributed by atoms with Crippen LogP contribution in [0.5, 0.6) is 0 Å². The fraction of sp³-hybridized carbons (Fsp3) is 0.455. The minimum Gasteiger partial charge on any atom is -0.315 e. The van der Waals surface area contributed by atoms with Crippen LogP contribution >= 0.6 is 24.0 Å². The fourth-order valence-corrected chi connectivity index (χ4v) is 3.56. The van der Waals surface area contributed by atoms with E-state index in [9.17, 15) is 21.6 Å². The van der Waals surface area contributed by atoms with Gasteiger partial charge < -0.3 is 5.32 Å². The minimum atomic E-state index is -4.65. The molecule has 1 fully saturated rings. The summed E-state index contributed by atoms with van der Waals surface area (Å²) in [6.07, 6.45) is -4.06. The van der Waals surface area contributed by atoms with E-state index in [0.717, 1.165) is 6.07 Å². The summed E-state index contributed by atoms with van der Waals surface area (Å²) in [6.45, 7) is 1.11. The number of hydrogen-bond donors (Lipinski definition) is 2. The molecule has 120 valence electrons. The molecule has 1 aromatic rings. The third kappa shape index (κ3) is 4.72. The van der Waals surface area contributed by atoms with Crippen molar-refractivity contribution in [2.75, 3.05) is 13.1 Å². The van der Waals surface area contributed by atoms with Crippen molar-refractivity contribution in [1.29, 1.82) is 0 Å². The van der Waals surface area contributed by atoms with Crippen molar-refractivity contribution >= 4 is 34.0 Å². The molecule has 1 heterocycles. The average molecular weight is 365 g/mol. The molecule has 0 aliphatic carbocycles. The lowest BCUT2D eigenvalue weighted by molar-refractivity contribution is -0.137. The van der Waals surface area contributed by atoms with Crippen LogP contribution in [-0.2, 0) is 16.2 Å². The molecule has 0 aromatic heterocycles. The van der Waals surface area contributed by atoms with Crippen LogP contribution in [0.4, 0.5) is 13.2 Å². The number of benzene rings is 1. The molecule has 1 aromatic carbocycles. The molecule has 2 N–H and O–H groups in total. The number of sulfonamides is 1. The minimum absolute atomic E-state index is 0. The fourth-order valence-electron chi connectivity index (χ4n) is 1.92. The zero-order valence-electron chi connectivity index (χ0n) is 10.6. The lowest BCUT2D eigenvalue weighted by Gasteiger charge is -2.14. The lowest BCUT2D eigenvalue weighted by Crippen LogP contribution is -2.36. The molecule has 4 nitrogen and oxygen atoms in total. The molecule has 2 rings (SSSR count). The van der Waals surface area contributed by atoms with Crippen LogP contribution in [-0.4, -0.2) is 27.5 Å². The number of nitrogens with one attached hydrogen (secondary N) is 2. The standard InChI is InChI=1S/C11H12ClF3N2O2S.ClH/c12-8-3-7(11(13,14)15)4-10(5-8)20(18,19)17-9-1-2-16-6-9;/h3-5,9,16-17H,1-2,6H2;1H. The summed E-state index contributed by atoms with van der Waals surface area (Å²) in [4.78, 5) is -0.482. The van der Waals surface area contributed by atoms with Crippen LogP contribution in [0.25, 0.3) is 0 Å². The predicted molar refractivity (Wildman–Crippen MR) is 75.3 cm³/mol. The van der Waals surface area contributed by atoms with E-state index in [0.29, 0.717) is 31.6 Å². The molecule has 1 unspecified atom stereocenters. The van der Waals surface area contributed by atoms with Crippen LogP contribution in [0.15, 0.2) is 23.1 Å². The Morgan fingerprint density at radius 3 is 2.48 bits per heavy atom. The number of halogens is 5. The van der Waals surface area contributed by atoms with E-state index < -0.39 is 26.7 Å². The van der Waals surface area contributed by atoms with Gasteiger partial charge in [0.15, 0.2) is 0 Å². The van der Waals surface area contributed by atoms with Gasteiger partial charge in [-0.1, -0.05) is 11.6 Å². The monoisotopic (exact) mass is 364 g/mol. The zero-order chi connectivity index (χ0) is 15.0. The van der Waals surface area contributed by atoms with Crippen molar-refractivity contribution in [3.63, 3.8) is 0 Å². The summed E-state index contributed by atoms with van der Waals surface area (Å²) < 4.78 is 64.4. The van der Waals surface area contributed by atoms with Crippen LogP contribution in [0, 0.1) is 0 Å². The maximum absolute atomic E-state index is 12.7. The van der Waals surface area contributed by atoms with Crippen LogP contribution in [0.3, 0.4) is 0 Å². The van der Waals surface area contributed by atoms with E-state index in [1.54, 1.807) is 0 Å². The highest BCUT2D eigenvalue weighted by Gasteiger charge is 2.33. The van der Waals surface area contributed by atoms with E-state index in [2.05, 4.69) is 10.0 Å². The van der Waals surface area contributed by atoms with Gasteiger partial charge in [-0.25, -0.2) is 13.1 Å². The normalized spacial score (nSPS) is 19.3. The maximum atomic E-state index is 12.7. The highest BCUT2D eigenvalue weighted by Crippen LogP contribution is 2.33. The van der Waals surface area contributed by atoms with Gasteiger partial charge in [0, 0.05) is 17.6 Å². The Bertz CT molecular complexity index is 602. The van der Waals surface area contributed by atoms with Gasteiger partial charge in [-0.3, -0.25) is 0 Å². The molecule has 10 heteroatoms. The average Bonchev–Trinajstić information content (AvgIpc) is 2.79. The van der Waals surface area contributed by atoms with Crippen molar-refractivity contribution in [2.24, 2.45) is 0 Å². The highest BCUT2D eigenvalue weighted by molar-refractivity contribution is 7.89. The smallest absolute Gasteiger partial charge is 0.315 e. The van der Waals surface area contributed by atoms with E-state index in [1.165, 1.54) is 0 Å². The molecule has 1 aliphatic rings. The topological polar surface area (TPSA) is 58.2 Å². The molecule has 1 aliphatic heterocycles. The van der Waals surface area contributed by atoms with Gasteiger partial charge in [0.05, 0.1) is 10.5 Å². The van der Waals surface area contributed by atoms with Gasteiger partial charge in [-0.05, 0) is 31.2 Å². The first-order valence-electron chi connectivity index (χ1n) is 5.79. The predicted octanol–water partition coefficient (Wildman–Crippen LogP) is 2.42. The number of hydrogen-bond acceptors (Lipinski definition) is 3. The van der Waals surface area contributed by atoms with E-state index in [4.69, 9.17) is 11.6 Å². The molecule has 1 atom stereocenters. The zero-order valence-corrected chi connectivity index (χ0v) is 13.0. The Hall–Kier alpha value is -0.540. The third-order valence-corrected chi connectivity index (χ3v) is 4.61. The highest BCUT2D eigenvalue weighted by atomic mass is 35.5. The van der Waals surface area contributed by atoms with Gasteiger partial charge in [0.2, 0.25) is 10.0 Å². The maximum Gasteiger partial charge on any atom is 0.416 e. The lowest BCUT2D eigenvalue weighted by atomic mass is 10.2. The molecule has 0 saturated carbocycles. The molecule has 1 saturated heterocycles. The summed E-state index contributed by atoms with van der Waals surface area (Å²) in [6, 6.07) is 1.95. The molecular weight excluding hydrogens is 352 g/mol. The Balaban J connectivity index is 0.00000220. The van der Waals surface area contributed by atoms with Gasteiger partial charge >= 0.3 is 6.18 Å². The van der Waals surface area contributed by atoms with Gasteiger partial charge in [-0.15, -0.1) is 12.4 Å². The first kappa shape index (κ1) is 18.5. The Morgan fingerprint density at radius 2 is 1.95 bits per heavy atom. The van der Waals surface area contributed by atoms with Crippen molar-refractivity contribution in [3.8, 4) is 0 Å². The SMILES string of the molecule is Cl.O=S(=O)(NC1CCNC1)c1cc(Cl)cc(C(F)(F)F)c1. The first-order chi connectivity index (χ1) is 9.18. The molecule has 0 amide bonds. The van der Waals surface area contributed by atoms with Gasteiger partial charge in [-0.2, -0.15) is 13.2 Å². The summed E-state index contributed by atoms with van der Waals surface area (Å²) in [5.74, 6) is 0. The van der Waals surface area contributed by atoms with Crippen LogP contribution < -0.4 is 10.0 Å². The Labute approximate surface area is 131 Å². The van der Waals surface area contributed by atoms with Crippen molar-refractivity contribution in [1.82, 2.24) is 10.0 Å². The second-order valence-corrected chi connectivity index (χ2v) is 6.63. The third-order valence-electron chi connectivity index (χ3n) is 2.89. The van der Waals surface area contributed by atoms with Crippen molar-refractivity contribution < 1.29 is 21.6 Å². The summed E-state index contributed by atoms with van der Waals surface area (Å²) in [7, 11) is -4.02. The van der Waals surface area contributed by atoms with E-state index >= 15 is 0 Å². The number of rotatable bonds is 3. The largest absolute Gasteiger partial charge is 0.416 e. The first-order valence-corrected chi connectivity index (χ1v) is 7.65. The molecular formula is C11H13Cl2F3N2O2S. The molecule has 0 radical (unpaired) electrons. The van der Waals surface area contributed by atoms with E-state index in [1.807, 2.05) is 0 Å². The van der Waals surface area contributed by atoms with E-state index in [-0.39, 0.29) is 23.5 Å². The van der Waals surface area contributed by atoms with Gasteiger partial charge in [0.1, 0.15) is 0 Å². The van der Waals surface area contributed by atoms with Crippen LogP contribution in [0.1, 0.15) is 12.0 Å². The second kappa shape index (κ2) is 6.70. The number of alkyl halides is 3. The van der Waals surface area contributed by atoms with Crippen molar-refractivity contribution in [3.05, 3.63) is 28.8 Å². The molecule has 0 bridgehead atoms. The second-order valence-electron chi connectivity index (χ2n) is 4.48. The molecule has 21 heavy (non-hydrogen) atoms. The summed E-state index contributed by atoms with van der Waals surface area (Å²) >= 11 is 5.57.